The second kappa shape index (κ2) is 8.71. The fourth-order valence-corrected chi connectivity index (χ4v) is 2.69. The predicted molar refractivity (Wildman–Crippen MR) is 86.9 cm³/mol. The standard InChI is InChI=1S/C15H22N4OS/c1-19(9-6-13-5-3-4-7-17-13)15-18-14(12-21-15)11-16-8-10-20-2/h3-5,7,12,16H,6,8-11H2,1-2H3. The molecule has 0 aliphatic carbocycles. The normalized spacial score (nSPS) is 10.8. The Morgan fingerprint density at radius 1 is 1.33 bits per heavy atom. The number of likely N-dealkylation sites (N-methyl/N-ethyl adjacent to an activating group) is 1. The molecule has 2 aromatic rings. The summed E-state index contributed by atoms with van der Waals surface area (Å²) in [5.74, 6) is 0. The maximum Gasteiger partial charge on any atom is 0.185 e. The van der Waals surface area contributed by atoms with Crippen molar-refractivity contribution in [2.24, 2.45) is 0 Å². The third kappa shape index (κ3) is 5.41. The summed E-state index contributed by atoms with van der Waals surface area (Å²) in [6.07, 6.45) is 2.76. The van der Waals surface area contributed by atoms with Crippen LogP contribution in [0.15, 0.2) is 29.8 Å². The van der Waals surface area contributed by atoms with E-state index >= 15 is 0 Å². The third-order valence-electron chi connectivity index (χ3n) is 3.08. The Kier molecular flexibility index (Phi) is 6.59. The monoisotopic (exact) mass is 306 g/mol. The van der Waals surface area contributed by atoms with Gasteiger partial charge in [-0.1, -0.05) is 6.07 Å². The number of nitrogens with zero attached hydrogens (tertiary/aromatic N) is 3. The lowest BCUT2D eigenvalue weighted by Crippen LogP contribution is -2.21. The molecule has 21 heavy (non-hydrogen) atoms. The molecule has 0 fully saturated rings. The van der Waals surface area contributed by atoms with E-state index < -0.39 is 0 Å². The van der Waals surface area contributed by atoms with Crippen molar-refractivity contribution in [3.05, 3.63) is 41.2 Å². The molecule has 0 atom stereocenters. The summed E-state index contributed by atoms with van der Waals surface area (Å²) in [5.41, 5.74) is 2.19. The van der Waals surface area contributed by atoms with Crippen LogP contribution in [0.3, 0.4) is 0 Å². The Bertz CT molecular complexity index is 517. The van der Waals surface area contributed by atoms with Gasteiger partial charge in [-0.25, -0.2) is 4.98 Å². The Hall–Kier alpha value is -1.50. The summed E-state index contributed by atoms with van der Waals surface area (Å²) >= 11 is 1.68. The zero-order chi connectivity index (χ0) is 14.9. The smallest absolute Gasteiger partial charge is 0.185 e. The molecule has 0 aromatic carbocycles. The Balaban J connectivity index is 1.77. The number of nitrogens with one attached hydrogen (secondary N) is 1. The summed E-state index contributed by atoms with van der Waals surface area (Å²) in [6, 6.07) is 6.02. The first-order valence-corrected chi connectivity index (χ1v) is 7.92. The lowest BCUT2D eigenvalue weighted by Gasteiger charge is -2.15. The first-order chi connectivity index (χ1) is 10.3. The molecule has 1 N–H and O–H groups in total. The minimum Gasteiger partial charge on any atom is -0.383 e. The van der Waals surface area contributed by atoms with Crippen LogP contribution >= 0.6 is 11.3 Å². The van der Waals surface area contributed by atoms with Gasteiger partial charge in [-0.15, -0.1) is 11.3 Å². The van der Waals surface area contributed by atoms with E-state index in [1.165, 1.54) is 0 Å². The van der Waals surface area contributed by atoms with Gasteiger partial charge in [0, 0.05) is 57.5 Å². The number of thiazole rings is 1. The van der Waals surface area contributed by atoms with Crippen LogP contribution in [0.2, 0.25) is 0 Å². The van der Waals surface area contributed by atoms with E-state index in [9.17, 15) is 0 Å². The zero-order valence-electron chi connectivity index (χ0n) is 12.6. The van der Waals surface area contributed by atoms with Gasteiger partial charge in [0.1, 0.15) is 0 Å². The molecule has 2 aromatic heterocycles. The molecule has 0 radical (unpaired) electrons. The highest BCUT2D eigenvalue weighted by Crippen LogP contribution is 2.19. The van der Waals surface area contributed by atoms with E-state index in [1.54, 1.807) is 18.4 Å². The van der Waals surface area contributed by atoms with Gasteiger partial charge in [0.25, 0.3) is 0 Å². The first-order valence-electron chi connectivity index (χ1n) is 7.04. The minimum atomic E-state index is 0.723. The quantitative estimate of drug-likeness (QED) is 0.718. The van der Waals surface area contributed by atoms with Crippen LogP contribution in [-0.2, 0) is 17.7 Å². The number of ether oxygens (including phenoxy) is 1. The lowest BCUT2D eigenvalue weighted by atomic mass is 10.2. The number of rotatable bonds is 9. The third-order valence-corrected chi connectivity index (χ3v) is 4.09. The molecule has 0 bridgehead atoms. The van der Waals surface area contributed by atoms with E-state index in [0.29, 0.717) is 0 Å². The lowest BCUT2D eigenvalue weighted by molar-refractivity contribution is 0.199. The summed E-state index contributed by atoms with van der Waals surface area (Å²) in [6.45, 7) is 3.27. The van der Waals surface area contributed by atoms with Crippen molar-refractivity contribution in [2.75, 3.05) is 38.8 Å². The van der Waals surface area contributed by atoms with Gasteiger partial charge in [-0.05, 0) is 12.1 Å². The molecule has 0 aliphatic heterocycles. The predicted octanol–water partition coefficient (Wildman–Crippen LogP) is 1.95. The molecule has 5 nitrogen and oxygen atoms in total. The molecule has 2 heterocycles. The summed E-state index contributed by atoms with van der Waals surface area (Å²) < 4.78 is 5.00. The van der Waals surface area contributed by atoms with Gasteiger partial charge in [0.15, 0.2) is 5.13 Å². The van der Waals surface area contributed by atoms with Crippen LogP contribution in [0, 0.1) is 0 Å². The first kappa shape index (κ1) is 15.9. The average Bonchev–Trinajstić information content (AvgIpc) is 2.99. The Morgan fingerprint density at radius 2 is 2.24 bits per heavy atom. The van der Waals surface area contributed by atoms with Crippen LogP contribution in [0.5, 0.6) is 0 Å². The maximum atomic E-state index is 5.00. The van der Waals surface area contributed by atoms with Crippen LogP contribution in [0.25, 0.3) is 0 Å². The summed E-state index contributed by atoms with van der Waals surface area (Å²) in [4.78, 5) is 11.2. The van der Waals surface area contributed by atoms with Crippen molar-refractivity contribution in [3.8, 4) is 0 Å². The molecule has 0 spiro atoms. The molecule has 0 saturated heterocycles. The number of anilines is 1. The molecule has 6 heteroatoms. The number of pyridine rings is 1. The van der Waals surface area contributed by atoms with Gasteiger partial charge < -0.3 is 15.0 Å². The minimum absolute atomic E-state index is 0.723. The van der Waals surface area contributed by atoms with Crippen molar-refractivity contribution >= 4 is 16.5 Å². The highest BCUT2D eigenvalue weighted by Gasteiger charge is 2.07. The van der Waals surface area contributed by atoms with Gasteiger partial charge >= 0.3 is 0 Å². The van der Waals surface area contributed by atoms with Crippen molar-refractivity contribution in [1.29, 1.82) is 0 Å². The van der Waals surface area contributed by atoms with Crippen LogP contribution < -0.4 is 10.2 Å². The summed E-state index contributed by atoms with van der Waals surface area (Å²) in [5, 5.41) is 6.46. The van der Waals surface area contributed by atoms with Gasteiger partial charge in [-0.2, -0.15) is 0 Å². The molecule has 0 unspecified atom stereocenters. The number of methoxy groups -OCH3 is 1. The highest BCUT2D eigenvalue weighted by molar-refractivity contribution is 7.13. The molecule has 0 amide bonds. The maximum absolute atomic E-state index is 5.00. The summed E-state index contributed by atoms with van der Waals surface area (Å²) in [7, 11) is 3.78. The largest absolute Gasteiger partial charge is 0.383 e. The topological polar surface area (TPSA) is 50.3 Å². The van der Waals surface area contributed by atoms with E-state index in [0.717, 1.165) is 49.2 Å². The van der Waals surface area contributed by atoms with E-state index in [1.807, 2.05) is 18.3 Å². The Labute approximate surface area is 130 Å². The SMILES string of the molecule is COCCNCc1csc(N(C)CCc2ccccn2)n1. The zero-order valence-corrected chi connectivity index (χ0v) is 13.4. The highest BCUT2D eigenvalue weighted by atomic mass is 32.1. The fraction of sp³-hybridized carbons (Fsp3) is 0.467. The molecular formula is C15H22N4OS. The second-order valence-corrected chi connectivity index (χ2v) is 5.62. The molecule has 0 aliphatic rings. The Morgan fingerprint density at radius 3 is 3.00 bits per heavy atom. The number of hydrogen-bond donors (Lipinski definition) is 1. The van der Waals surface area contributed by atoms with Gasteiger partial charge in [0.2, 0.25) is 0 Å². The van der Waals surface area contributed by atoms with Gasteiger partial charge in [-0.3, -0.25) is 4.98 Å². The molecule has 2 rings (SSSR count). The number of aromatic nitrogens is 2. The average molecular weight is 306 g/mol. The second-order valence-electron chi connectivity index (χ2n) is 4.78. The van der Waals surface area contributed by atoms with Crippen LogP contribution in [0.1, 0.15) is 11.4 Å². The van der Waals surface area contributed by atoms with Crippen molar-refractivity contribution in [1.82, 2.24) is 15.3 Å². The molecule has 0 saturated carbocycles. The van der Waals surface area contributed by atoms with E-state index in [4.69, 9.17) is 4.74 Å². The van der Waals surface area contributed by atoms with Crippen LogP contribution in [-0.4, -0.2) is 43.8 Å². The van der Waals surface area contributed by atoms with Crippen molar-refractivity contribution in [2.45, 2.75) is 13.0 Å². The fourth-order valence-electron chi connectivity index (χ4n) is 1.87. The van der Waals surface area contributed by atoms with E-state index in [-0.39, 0.29) is 0 Å². The van der Waals surface area contributed by atoms with Crippen molar-refractivity contribution < 1.29 is 4.74 Å². The van der Waals surface area contributed by atoms with Gasteiger partial charge in [0.05, 0.1) is 12.3 Å². The molecule has 114 valence electrons. The van der Waals surface area contributed by atoms with Crippen LogP contribution in [0.4, 0.5) is 5.13 Å². The van der Waals surface area contributed by atoms with E-state index in [2.05, 4.69) is 38.7 Å². The van der Waals surface area contributed by atoms with Crippen molar-refractivity contribution in [3.63, 3.8) is 0 Å². The number of hydrogen-bond acceptors (Lipinski definition) is 6. The molecular weight excluding hydrogens is 284 g/mol.